The molecule has 0 spiro atoms. The highest BCUT2D eigenvalue weighted by Gasteiger charge is 2.22. The molecule has 0 N–H and O–H groups in total. The van der Waals surface area contributed by atoms with Gasteiger partial charge in [-0.05, 0) is 81.2 Å². The zero-order valence-electron chi connectivity index (χ0n) is 24.0. The van der Waals surface area contributed by atoms with E-state index in [1.54, 1.807) is 42.7 Å². The minimum atomic E-state index is -3.74. The number of hydrogen-bond donors (Lipinski definition) is 0. The molecule has 41 heavy (non-hydrogen) atoms. The van der Waals surface area contributed by atoms with Gasteiger partial charge in [0.2, 0.25) is 5.95 Å². The summed E-state index contributed by atoms with van der Waals surface area (Å²) in [7, 11) is -1.48. The Morgan fingerprint density at radius 3 is 2.37 bits per heavy atom. The van der Waals surface area contributed by atoms with Gasteiger partial charge in [-0.2, -0.15) is 4.39 Å². The van der Waals surface area contributed by atoms with Gasteiger partial charge in [-0.1, -0.05) is 68.1 Å². The molecule has 0 radical (unpaired) electrons. The fraction of sp³-hybridized carbons (Fsp3) is 0.424. The molecule has 0 saturated heterocycles. The molecule has 1 aliphatic carbocycles. The number of aromatic nitrogens is 2. The molecule has 2 heterocycles. The number of rotatable bonds is 13. The summed E-state index contributed by atoms with van der Waals surface area (Å²) < 4.78 is 42.1. The molecule has 8 heteroatoms. The molecule has 0 unspecified atom stereocenters. The normalized spacial score (nSPS) is 14.8. The van der Waals surface area contributed by atoms with Gasteiger partial charge in [-0.3, -0.25) is 4.90 Å². The van der Waals surface area contributed by atoms with Crippen molar-refractivity contribution in [3.8, 4) is 0 Å². The molecule has 218 valence electrons. The van der Waals surface area contributed by atoms with E-state index in [1.807, 2.05) is 30.3 Å². The third-order valence-electron chi connectivity index (χ3n) is 8.33. The van der Waals surface area contributed by atoms with E-state index >= 15 is 0 Å². The smallest absolute Gasteiger partial charge is 0.268 e. The Bertz CT molecular complexity index is 1500. The highest BCUT2D eigenvalue weighted by atomic mass is 32.2. The molecular formula is C33H41FN4O2S. The van der Waals surface area contributed by atoms with Crippen LogP contribution < -0.4 is 0 Å². The van der Waals surface area contributed by atoms with E-state index in [0.29, 0.717) is 18.6 Å². The third-order valence-corrected chi connectivity index (χ3v) is 10.0. The average molecular weight is 577 g/mol. The van der Waals surface area contributed by atoms with E-state index in [-0.39, 0.29) is 4.90 Å². The molecule has 5 rings (SSSR count). The lowest BCUT2D eigenvalue weighted by Gasteiger charge is -2.31. The molecule has 0 bridgehead atoms. The molecular weight excluding hydrogens is 535 g/mol. The van der Waals surface area contributed by atoms with Crippen molar-refractivity contribution in [2.45, 2.75) is 75.4 Å². The van der Waals surface area contributed by atoms with E-state index in [9.17, 15) is 12.8 Å². The molecule has 0 atom stereocenters. The zero-order valence-corrected chi connectivity index (χ0v) is 24.8. The maximum Gasteiger partial charge on any atom is 0.268 e. The summed E-state index contributed by atoms with van der Waals surface area (Å²) in [6.45, 7) is 3.17. The van der Waals surface area contributed by atoms with Crippen LogP contribution in [0.15, 0.2) is 84.0 Å². The van der Waals surface area contributed by atoms with Gasteiger partial charge < -0.3 is 4.90 Å². The van der Waals surface area contributed by atoms with Gasteiger partial charge in [0.1, 0.15) is 0 Å². The van der Waals surface area contributed by atoms with Crippen LogP contribution in [0.5, 0.6) is 0 Å². The van der Waals surface area contributed by atoms with Crippen molar-refractivity contribution in [1.82, 2.24) is 18.8 Å². The summed E-state index contributed by atoms with van der Waals surface area (Å²) in [4.78, 5) is 8.98. The fourth-order valence-electron chi connectivity index (χ4n) is 6.04. The Morgan fingerprint density at radius 2 is 1.61 bits per heavy atom. The summed E-state index contributed by atoms with van der Waals surface area (Å²) in [5, 5.41) is 0.920. The fourth-order valence-corrected chi connectivity index (χ4v) is 7.45. The zero-order chi connectivity index (χ0) is 28.7. The minimum Gasteiger partial charge on any atom is -0.303 e. The van der Waals surface area contributed by atoms with Crippen LogP contribution in [0.25, 0.3) is 10.9 Å². The highest BCUT2D eigenvalue weighted by Crippen LogP contribution is 2.28. The molecule has 1 saturated carbocycles. The van der Waals surface area contributed by atoms with Crippen molar-refractivity contribution in [2.75, 3.05) is 20.1 Å². The summed E-state index contributed by atoms with van der Waals surface area (Å²) in [5.41, 5.74) is 2.55. The topological polar surface area (TPSA) is 58.4 Å². The van der Waals surface area contributed by atoms with Gasteiger partial charge >= 0.3 is 0 Å². The van der Waals surface area contributed by atoms with Crippen LogP contribution in [0, 0.1) is 5.95 Å². The number of para-hydroxylation sites is 1. The maximum atomic E-state index is 13.6. The molecule has 1 fully saturated rings. The number of halogens is 1. The second-order valence-electron chi connectivity index (χ2n) is 11.3. The van der Waals surface area contributed by atoms with Crippen LogP contribution in [-0.2, 0) is 23.1 Å². The molecule has 2 aromatic carbocycles. The van der Waals surface area contributed by atoms with Crippen LogP contribution >= 0.6 is 0 Å². The van der Waals surface area contributed by atoms with Gasteiger partial charge in [-0.25, -0.2) is 17.4 Å². The lowest BCUT2D eigenvalue weighted by atomic mass is 9.94. The van der Waals surface area contributed by atoms with Crippen molar-refractivity contribution in [3.05, 3.63) is 96.2 Å². The van der Waals surface area contributed by atoms with Crippen LogP contribution in [0.2, 0.25) is 0 Å². The Hall–Kier alpha value is -3.07. The Kier molecular flexibility index (Phi) is 9.85. The van der Waals surface area contributed by atoms with Gasteiger partial charge in [0, 0.05) is 36.9 Å². The minimum absolute atomic E-state index is 0.264. The first-order chi connectivity index (χ1) is 19.9. The summed E-state index contributed by atoms with van der Waals surface area (Å²) in [5.74, 6) is -0.489. The quantitative estimate of drug-likeness (QED) is 0.129. The second-order valence-corrected chi connectivity index (χ2v) is 13.1. The predicted octanol–water partition coefficient (Wildman–Crippen LogP) is 6.85. The first-order valence-electron chi connectivity index (χ1n) is 14.8. The van der Waals surface area contributed by atoms with Gasteiger partial charge in [0.15, 0.2) is 0 Å². The number of fused-ring (bicyclic) bond motifs is 1. The van der Waals surface area contributed by atoms with Gasteiger partial charge in [0.25, 0.3) is 10.0 Å². The molecule has 6 nitrogen and oxygen atoms in total. The van der Waals surface area contributed by atoms with Gasteiger partial charge in [0.05, 0.1) is 10.4 Å². The van der Waals surface area contributed by atoms with Crippen molar-refractivity contribution in [1.29, 1.82) is 0 Å². The van der Waals surface area contributed by atoms with Crippen LogP contribution in [0.3, 0.4) is 0 Å². The highest BCUT2D eigenvalue weighted by molar-refractivity contribution is 7.90. The van der Waals surface area contributed by atoms with E-state index in [2.05, 4.69) is 21.8 Å². The number of hydrogen-bond acceptors (Lipinski definition) is 5. The van der Waals surface area contributed by atoms with E-state index in [4.69, 9.17) is 0 Å². The van der Waals surface area contributed by atoms with E-state index < -0.39 is 16.0 Å². The van der Waals surface area contributed by atoms with Crippen LogP contribution in [-0.4, -0.2) is 53.4 Å². The second kappa shape index (κ2) is 13.7. The van der Waals surface area contributed by atoms with Crippen LogP contribution in [0.1, 0.15) is 62.5 Å². The number of benzene rings is 2. The van der Waals surface area contributed by atoms with E-state index in [0.717, 1.165) is 54.9 Å². The monoisotopic (exact) mass is 576 g/mol. The lowest BCUT2D eigenvalue weighted by Crippen LogP contribution is -2.34. The Balaban J connectivity index is 1.31. The molecule has 0 aliphatic heterocycles. The SMILES string of the molecule is CN(CCCCCN(Cc1ccc(F)nc1)Cc1cn(S(=O)(=O)c2ccccc2)c2ccccc12)C1CCCCC1. The largest absolute Gasteiger partial charge is 0.303 e. The number of pyridine rings is 1. The number of unbranched alkanes of at least 4 members (excludes halogenated alkanes) is 2. The maximum absolute atomic E-state index is 13.6. The molecule has 2 aromatic heterocycles. The predicted molar refractivity (Wildman–Crippen MR) is 163 cm³/mol. The van der Waals surface area contributed by atoms with Crippen molar-refractivity contribution >= 4 is 20.9 Å². The summed E-state index contributed by atoms with van der Waals surface area (Å²) >= 11 is 0. The summed E-state index contributed by atoms with van der Waals surface area (Å²) in [6.07, 6.45) is 13.4. The molecule has 1 aliphatic rings. The van der Waals surface area contributed by atoms with Crippen LogP contribution in [0.4, 0.5) is 4.39 Å². The van der Waals surface area contributed by atoms with Crippen molar-refractivity contribution < 1.29 is 12.8 Å². The molecule has 0 amide bonds. The summed E-state index contributed by atoms with van der Waals surface area (Å²) in [6, 6.07) is 20.1. The average Bonchev–Trinajstić information content (AvgIpc) is 3.38. The molecule has 4 aromatic rings. The third kappa shape index (κ3) is 7.42. The van der Waals surface area contributed by atoms with Crippen molar-refractivity contribution in [2.24, 2.45) is 0 Å². The van der Waals surface area contributed by atoms with E-state index in [1.165, 1.54) is 42.1 Å². The Morgan fingerprint density at radius 1 is 0.878 bits per heavy atom. The standard InChI is InChI=1S/C33H41FN4O2S/c1-36(29-13-5-2-6-14-29)21-11-4-12-22-37(24-27-19-20-33(34)35-23-27)25-28-26-38(32-18-10-9-17-31(28)32)41(39,40)30-15-7-3-8-16-30/h3,7-10,15-20,23,26,29H,2,4-6,11-14,21-22,24-25H2,1H3. The number of nitrogens with zero attached hydrogens (tertiary/aromatic N) is 4. The van der Waals surface area contributed by atoms with Gasteiger partial charge in [-0.15, -0.1) is 0 Å². The lowest BCUT2D eigenvalue weighted by molar-refractivity contribution is 0.186. The van der Waals surface area contributed by atoms with Crippen molar-refractivity contribution in [3.63, 3.8) is 0 Å². The first-order valence-corrected chi connectivity index (χ1v) is 16.3. The first kappa shape index (κ1) is 29.4. The Labute approximate surface area is 243 Å².